The van der Waals surface area contributed by atoms with Gasteiger partial charge >= 0.3 is 5.97 Å². The summed E-state index contributed by atoms with van der Waals surface area (Å²) in [4.78, 5) is 13.7. The van der Waals surface area contributed by atoms with E-state index in [1.807, 2.05) is 19.1 Å². The number of benzene rings is 1. The van der Waals surface area contributed by atoms with Crippen molar-refractivity contribution < 1.29 is 14.3 Å². The fourth-order valence-corrected chi connectivity index (χ4v) is 2.93. The van der Waals surface area contributed by atoms with Crippen LogP contribution in [0.5, 0.6) is 0 Å². The third-order valence-electron chi connectivity index (χ3n) is 3.95. The summed E-state index contributed by atoms with van der Waals surface area (Å²) in [6, 6.07) is 5.97. The summed E-state index contributed by atoms with van der Waals surface area (Å²) in [5.74, 6) is -0.900. The van der Waals surface area contributed by atoms with Gasteiger partial charge in [0.15, 0.2) is 0 Å². The molecule has 0 saturated carbocycles. The van der Waals surface area contributed by atoms with E-state index in [0.717, 1.165) is 55.7 Å². The summed E-state index contributed by atoms with van der Waals surface area (Å²) in [5.41, 5.74) is 2.62. The molecular formula is C16H20N2O3. The number of carbonyl (C=O) groups is 1. The fourth-order valence-electron chi connectivity index (χ4n) is 2.93. The Morgan fingerprint density at radius 3 is 2.81 bits per heavy atom. The number of hydrogen-bond donors (Lipinski definition) is 2. The smallest absolute Gasteiger partial charge is 0.372 e. The number of aryl methyl sites for hydroxylation is 1. The van der Waals surface area contributed by atoms with Gasteiger partial charge in [-0.05, 0) is 24.6 Å². The van der Waals surface area contributed by atoms with Crippen LogP contribution in [0.1, 0.15) is 29.5 Å². The van der Waals surface area contributed by atoms with Crippen molar-refractivity contribution in [1.82, 2.24) is 5.32 Å². The van der Waals surface area contributed by atoms with Crippen LogP contribution in [0, 0.1) is 0 Å². The molecule has 0 bridgehead atoms. The Morgan fingerprint density at radius 2 is 2.14 bits per heavy atom. The molecule has 5 nitrogen and oxygen atoms in total. The van der Waals surface area contributed by atoms with Gasteiger partial charge < -0.3 is 19.7 Å². The predicted octanol–water partition coefficient (Wildman–Crippen LogP) is 2.49. The Morgan fingerprint density at radius 1 is 1.38 bits per heavy atom. The normalized spacial score (nSPS) is 15.6. The Labute approximate surface area is 123 Å². The molecule has 2 aromatic rings. The Bertz CT molecular complexity index is 657. The molecule has 1 saturated heterocycles. The zero-order valence-electron chi connectivity index (χ0n) is 12.2. The fraction of sp³-hybridized carbons (Fsp3) is 0.438. The molecule has 2 heterocycles. The van der Waals surface area contributed by atoms with Gasteiger partial charge in [-0.15, -0.1) is 0 Å². The Kier molecular flexibility index (Phi) is 3.84. The SMILES string of the molecule is CCCc1c(C(=O)O)oc2ccc(N3CCNCC3)cc12. The van der Waals surface area contributed by atoms with Crippen molar-refractivity contribution in [3.63, 3.8) is 0 Å². The van der Waals surface area contributed by atoms with E-state index in [2.05, 4.69) is 16.3 Å². The molecule has 0 atom stereocenters. The molecule has 1 aromatic carbocycles. The van der Waals surface area contributed by atoms with Gasteiger partial charge in [0, 0.05) is 42.8 Å². The Hall–Kier alpha value is -2.01. The molecule has 0 spiro atoms. The third kappa shape index (κ3) is 2.61. The van der Waals surface area contributed by atoms with Crippen molar-refractivity contribution in [2.45, 2.75) is 19.8 Å². The highest BCUT2D eigenvalue weighted by atomic mass is 16.4. The first kappa shape index (κ1) is 13.9. The summed E-state index contributed by atoms with van der Waals surface area (Å²) >= 11 is 0. The highest BCUT2D eigenvalue weighted by Gasteiger charge is 2.20. The molecule has 21 heavy (non-hydrogen) atoms. The maximum Gasteiger partial charge on any atom is 0.372 e. The highest BCUT2D eigenvalue weighted by molar-refractivity contribution is 5.96. The van der Waals surface area contributed by atoms with Gasteiger partial charge in [-0.3, -0.25) is 0 Å². The van der Waals surface area contributed by atoms with Crippen molar-refractivity contribution in [3.05, 3.63) is 29.5 Å². The van der Waals surface area contributed by atoms with Crippen LogP contribution in [-0.4, -0.2) is 37.3 Å². The van der Waals surface area contributed by atoms with E-state index in [1.54, 1.807) is 0 Å². The van der Waals surface area contributed by atoms with Crippen molar-refractivity contribution in [1.29, 1.82) is 0 Å². The van der Waals surface area contributed by atoms with Gasteiger partial charge in [0.2, 0.25) is 5.76 Å². The summed E-state index contributed by atoms with van der Waals surface area (Å²) in [5, 5.41) is 13.6. The number of carboxylic acid groups (broad SMARTS) is 1. The molecule has 1 aliphatic rings. The lowest BCUT2D eigenvalue weighted by molar-refractivity contribution is 0.0663. The van der Waals surface area contributed by atoms with Gasteiger partial charge in [-0.1, -0.05) is 13.3 Å². The molecule has 5 heteroatoms. The molecule has 1 fully saturated rings. The molecular weight excluding hydrogens is 268 g/mol. The van der Waals surface area contributed by atoms with Crippen molar-refractivity contribution in [2.75, 3.05) is 31.1 Å². The molecule has 2 N–H and O–H groups in total. The van der Waals surface area contributed by atoms with Crippen LogP contribution in [0.25, 0.3) is 11.0 Å². The number of fused-ring (bicyclic) bond motifs is 1. The number of hydrogen-bond acceptors (Lipinski definition) is 4. The highest BCUT2D eigenvalue weighted by Crippen LogP contribution is 2.31. The van der Waals surface area contributed by atoms with Crippen LogP contribution in [0.4, 0.5) is 5.69 Å². The topological polar surface area (TPSA) is 65.7 Å². The second-order valence-corrected chi connectivity index (χ2v) is 5.38. The number of aromatic carboxylic acids is 1. The first-order valence-corrected chi connectivity index (χ1v) is 7.45. The lowest BCUT2D eigenvalue weighted by atomic mass is 10.0. The zero-order chi connectivity index (χ0) is 14.8. The van der Waals surface area contributed by atoms with E-state index in [1.165, 1.54) is 0 Å². The van der Waals surface area contributed by atoms with Gasteiger partial charge in [0.25, 0.3) is 0 Å². The van der Waals surface area contributed by atoms with E-state index >= 15 is 0 Å². The first-order valence-electron chi connectivity index (χ1n) is 7.45. The second-order valence-electron chi connectivity index (χ2n) is 5.38. The van der Waals surface area contributed by atoms with E-state index < -0.39 is 5.97 Å². The van der Waals surface area contributed by atoms with Crippen molar-refractivity contribution in [2.24, 2.45) is 0 Å². The largest absolute Gasteiger partial charge is 0.475 e. The molecule has 1 aromatic heterocycles. The van der Waals surface area contributed by atoms with Crippen LogP contribution in [-0.2, 0) is 6.42 Å². The molecule has 0 radical (unpaired) electrons. The number of nitrogens with one attached hydrogen (secondary N) is 1. The molecule has 1 aliphatic heterocycles. The standard InChI is InChI=1S/C16H20N2O3/c1-2-3-12-13-10-11(18-8-6-17-7-9-18)4-5-14(13)21-15(12)16(19)20/h4-5,10,17H,2-3,6-9H2,1H3,(H,19,20). The summed E-state index contributed by atoms with van der Waals surface area (Å²) < 4.78 is 5.53. The van der Waals surface area contributed by atoms with Crippen LogP contribution >= 0.6 is 0 Å². The molecule has 0 aliphatic carbocycles. The summed E-state index contributed by atoms with van der Waals surface area (Å²) in [7, 11) is 0. The zero-order valence-corrected chi connectivity index (χ0v) is 12.2. The van der Waals surface area contributed by atoms with Gasteiger partial charge in [-0.25, -0.2) is 4.79 Å². The molecule has 0 amide bonds. The Balaban J connectivity index is 2.06. The van der Waals surface area contributed by atoms with Crippen LogP contribution in [0.3, 0.4) is 0 Å². The number of piperazine rings is 1. The average Bonchev–Trinajstić information content (AvgIpc) is 2.87. The number of carboxylic acids is 1. The number of rotatable bonds is 4. The molecule has 0 unspecified atom stereocenters. The predicted molar refractivity (Wildman–Crippen MR) is 82.3 cm³/mol. The van der Waals surface area contributed by atoms with Gasteiger partial charge in [0.05, 0.1) is 0 Å². The van der Waals surface area contributed by atoms with E-state index in [-0.39, 0.29) is 5.76 Å². The monoisotopic (exact) mass is 288 g/mol. The van der Waals surface area contributed by atoms with Crippen LogP contribution in [0.15, 0.2) is 22.6 Å². The van der Waals surface area contributed by atoms with Crippen LogP contribution < -0.4 is 10.2 Å². The van der Waals surface area contributed by atoms with E-state index in [9.17, 15) is 9.90 Å². The number of nitrogens with zero attached hydrogens (tertiary/aromatic N) is 1. The maximum atomic E-state index is 11.3. The summed E-state index contributed by atoms with van der Waals surface area (Å²) in [6.45, 7) is 5.94. The average molecular weight is 288 g/mol. The summed E-state index contributed by atoms with van der Waals surface area (Å²) in [6.07, 6.45) is 1.62. The minimum absolute atomic E-state index is 0.0873. The van der Waals surface area contributed by atoms with Gasteiger partial charge in [0.1, 0.15) is 5.58 Å². The van der Waals surface area contributed by atoms with Crippen LogP contribution in [0.2, 0.25) is 0 Å². The number of anilines is 1. The molecule has 112 valence electrons. The lowest BCUT2D eigenvalue weighted by Gasteiger charge is -2.29. The first-order chi connectivity index (χ1) is 10.2. The quantitative estimate of drug-likeness (QED) is 0.905. The van der Waals surface area contributed by atoms with Gasteiger partial charge in [-0.2, -0.15) is 0 Å². The second kappa shape index (κ2) is 5.77. The minimum Gasteiger partial charge on any atom is -0.475 e. The van der Waals surface area contributed by atoms with Crippen molar-refractivity contribution in [3.8, 4) is 0 Å². The lowest BCUT2D eigenvalue weighted by Crippen LogP contribution is -2.43. The number of furan rings is 1. The maximum absolute atomic E-state index is 11.3. The third-order valence-corrected chi connectivity index (χ3v) is 3.95. The minimum atomic E-state index is -0.988. The van der Waals surface area contributed by atoms with Crippen molar-refractivity contribution >= 4 is 22.6 Å². The molecule has 3 rings (SSSR count). The van der Waals surface area contributed by atoms with E-state index in [4.69, 9.17) is 4.42 Å². The van der Waals surface area contributed by atoms with E-state index in [0.29, 0.717) is 5.58 Å².